The summed E-state index contributed by atoms with van der Waals surface area (Å²) in [6.45, 7) is 3.78. The lowest BCUT2D eigenvalue weighted by atomic mass is 10.0. The highest BCUT2D eigenvalue weighted by molar-refractivity contribution is 7.09. The summed E-state index contributed by atoms with van der Waals surface area (Å²) in [6.07, 6.45) is 3.87. The Kier molecular flexibility index (Phi) is 4.12. The van der Waals surface area contributed by atoms with Gasteiger partial charge < -0.3 is 10.2 Å². The Hall–Kier alpha value is -0.940. The fourth-order valence-corrected chi connectivity index (χ4v) is 2.84. The number of aromatic nitrogens is 1. The number of hydrogen-bond acceptors (Lipinski definition) is 4. The van der Waals surface area contributed by atoms with Crippen molar-refractivity contribution in [3.05, 3.63) is 16.6 Å². The number of rotatable bonds is 3. The maximum Gasteiger partial charge on any atom is 0.240 e. The summed E-state index contributed by atoms with van der Waals surface area (Å²) in [5.41, 5.74) is 1.82. The Morgan fingerprint density at radius 1 is 1.65 bits per heavy atom. The number of nitrogens with zero attached hydrogens (tertiary/aromatic N) is 2. The first-order valence-corrected chi connectivity index (χ1v) is 6.92. The number of likely N-dealkylation sites (tertiary alicyclic amines) is 1. The number of thiazole rings is 1. The number of hydrogen-bond donors (Lipinski definition) is 1. The van der Waals surface area contributed by atoms with E-state index in [-0.39, 0.29) is 11.9 Å². The maximum absolute atomic E-state index is 12.3. The molecule has 17 heavy (non-hydrogen) atoms. The SMILES string of the molecule is CNC1CC(C)CCN(Cc2cncs2)C1=O. The summed E-state index contributed by atoms with van der Waals surface area (Å²) in [4.78, 5) is 19.5. The van der Waals surface area contributed by atoms with Gasteiger partial charge in [-0.15, -0.1) is 11.3 Å². The second-order valence-corrected chi connectivity index (χ2v) is 5.67. The summed E-state index contributed by atoms with van der Waals surface area (Å²) < 4.78 is 0. The van der Waals surface area contributed by atoms with Crippen LogP contribution in [0.25, 0.3) is 0 Å². The molecule has 0 radical (unpaired) electrons. The molecule has 1 aromatic rings. The molecule has 1 aliphatic heterocycles. The molecule has 1 aromatic heterocycles. The molecule has 5 heteroatoms. The summed E-state index contributed by atoms with van der Waals surface area (Å²) in [7, 11) is 1.87. The third-order valence-electron chi connectivity index (χ3n) is 3.32. The molecule has 1 aliphatic rings. The summed E-state index contributed by atoms with van der Waals surface area (Å²) in [5, 5.41) is 3.13. The minimum Gasteiger partial charge on any atom is -0.336 e. The van der Waals surface area contributed by atoms with Crippen LogP contribution in [-0.4, -0.2) is 35.4 Å². The van der Waals surface area contributed by atoms with Crippen LogP contribution >= 0.6 is 11.3 Å². The molecule has 2 unspecified atom stereocenters. The van der Waals surface area contributed by atoms with Crippen molar-refractivity contribution in [1.82, 2.24) is 15.2 Å². The smallest absolute Gasteiger partial charge is 0.240 e. The van der Waals surface area contributed by atoms with Crippen LogP contribution in [0.15, 0.2) is 11.7 Å². The van der Waals surface area contributed by atoms with E-state index in [0.29, 0.717) is 12.5 Å². The van der Waals surface area contributed by atoms with Gasteiger partial charge in [0.2, 0.25) is 5.91 Å². The van der Waals surface area contributed by atoms with E-state index in [0.717, 1.165) is 24.3 Å². The van der Waals surface area contributed by atoms with Crippen LogP contribution in [0.3, 0.4) is 0 Å². The average Bonchev–Trinajstić information content (AvgIpc) is 2.78. The highest BCUT2D eigenvalue weighted by atomic mass is 32.1. The fraction of sp³-hybridized carbons (Fsp3) is 0.667. The quantitative estimate of drug-likeness (QED) is 0.887. The van der Waals surface area contributed by atoms with Gasteiger partial charge >= 0.3 is 0 Å². The molecular weight excluding hydrogens is 234 g/mol. The van der Waals surface area contributed by atoms with Gasteiger partial charge in [0, 0.05) is 17.6 Å². The Morgan fingerprint density at radius 3 is 3.12 bits per heavy atom. The average molecular weight is 253 g/mol. The molecule has 1 fully saturated rings. The highest BCUT2D eigenvalue weighted by Crippen LogP contribution is 2.20. The largest absolute Gasteiger partial charge is 0.336 e. The minimum atomic E-state index is -0.0274. The van der Waals surface area contributed by atoms with Gasteiger partial charge in [0.25, 0.3) is 0 Å². The van der Waals surface area contributed by atoms with Gasteiger partial charge in [-0.1, -0.05) is 6.92 Å². The lowest BCUT2D eigenvalue weighted by molar-refractivity contribution is -0.133. The van der Waals surface area contributed by atoms with Crippen molar-refractivity contribution < 1.29 is 4.79 Å². The van der Waals surface area contributed by atoms with Crippen LogP contribution < -0.4 is 5.32 Å². The Labute approximate surface area is 106 Å². The number of likely N-dealkylation sites (N-methyl/N-ethyl adjacent to an activating group) is 1. The molecule has 94 valence electrons. The molecule has 2 heterocycles. The van der Waals surface area contributed by atoms with Crippen LogP contribution in [0.2, 0.25) is 0 Å². The van der Waals surface area contributed by atoms with Crippen LogP contribution in [0, 0.1) is 5.92 Å². The zero-order valence-corrected chi connectivity index (χ0v) is 11.2. The van der Waals surface area contributed by atoms with Gasteiger partial charge in [0.1, 0.15) is 0 Å². The van der Waals surface area contributed by atoms with Crippen LogP contribution in [-0.2, 0) is 11.3 Å². The molecule has 0 bridgehead atoms. The van der Waals surface area contributed by atoms with Gasteiger partial charge in [-0.05, 0) is 25.8 Å². The summed E-state index contributed by atoms with van der Waals surface area (Å²) >= 11 is 1.61. The highest BCUT2D eigenvalue weighted by Gasteiger charge is 2.28. The van der Waals surface area contributed by atoms with Gasteiger partial charge in [0.15, 0.2) is 0 Å². The third-order valence-corrected chi connectivity index (χ3v) is 4.08. The van der Waals surface area contributed by atoms with Crippen molar-refractivity contribution in [2.45, 2.75) is 32.4 Å². The first kappa shape index (κ1) is 12.5. The Bertz CT molecular complexity index is 366. The Balaban J connectivity index is 2.07. The number of amides is 1. The first-order chi connectivity index (χ1) is 8.20. The van der Waals surface area contributed by atoms with Gasteiger partial charge in [-0.3, -0.25) is 9.78 Å². The van der Waals surface area contributed by atoms with Crippen LogP contribution in [0.1, 0.15) is 24.6 Å². The van der Waals surface area contributed by atoms with Crippen LogP contribution in [0.5, 0.6) is 0 Å². The standard InChI is InChI=1S/C12H19N3OS/c1-9-3-4-15(7-10-6-14-8-17-10)12(16)11(5-9)13-2/h6,8-9,11,13H,3-5,7H2,1-2H3. The summed E-state index contributed by atoms with van der Waals surface area (Å²) in [5.74, 6) is 0.827. The zero-order valence-electron chi connectivity index (χ0n) is 10.3. The van der Waals surface area contributed by atoms with Crippen molar-refractivity contribution in [2.75, 3.05) is 13.6 Å². The minimum absolute atomic E-state index is 0.0274. The lowest BCUT2D eigenvalue weighted by Crippen LogP contribution is -2.43. The zero-order chi connectivity index (χ0) is 12.3. The summed E-state index contributed by atoms with van der Waals surface area (Å²) in [6, 6.07) is -0.0274. The lowest BCUT2D eigenvalue weighted by Gasteiger charge is -2.23. The fourth-order valence-electron chi connectivity index (χ4n) is 2.23. The monoisotopic (exact) mass is 253 g/mol. The molecule has 0 spiro atoms. The Morgan fingerprint density at radius 2 is 2.47 bits per heavy atom. The molecule has 2 atom stereocenters. The molecule has 1 amide bonds. The van der Waals surface area contributed by atoms with E-state index in [1.807, 2.05) is 23.7 Å². The van der Waals surface area contributed by atoms with E-state index in [1.165, 1.54) is 0 Å². The predicted octanol–water partition coefficient (Wildman–Crippen LogP) is 1.49. The van der Waals surface area contributed by atoms with E-state index < -0.39 is 0 Å². The van der Waals surface area contributed by atoms with E-state index in [9.17, 15) is 4.79 Å². The second kappa shape index (κ2) is 5.60. The first-order valence-electron chi connectivity index (χ1n) is 6.04. The van der Waals surface area contributed by atoms with Crippen molar-refractivity contribution >= 4 is 17.2 Å². The molecule has 0 aromatic carbocycles. The van der Waals surface area contributed by atoms with Gasteiger partial charge in [0.05, 0.1) is 18.1 Å². The van der Waals surface area contributed by atoms with Crippen molar-refractivity contribution in [2.24, 2.45) is 5.92 Å². The molecule has 1 saturated heterocycles. The normalized spacial score (nSPS) is 26.0. The topological polar surface area (TPSA) is 45.2 Å². The van der Waals surface area contributed by atoms with Gasteiger partial charge in [-0.2, -0.15) is 0 Å². The van der Waals surface area contributed by atoms with Crippen molar-refractivity contribution in [3.8, 4) is 0 Å². The van der Waals surface area contributed by atoms with E-state index in [2.05, 4.69) is 17.2 Å². The van der Waals surface area contributed by atoms with Crippen molar-refractivity contribution in [3.63, 3.8) is 0 Å². The number of carbonyl (C=O) groups is 1. The molecular formula is C12H19N3OS. The molecule has 4 nitrogen and oxygen atoms in total. The predicted molar refractivity (Wildman–Crippen MR) is 68.8 cm³/mol. The molecule has 0 saturated carbocycles. The van der Waals surface area contributed by atoms with E-state index in [1.54, 1.807) is 11.3 Å². The molecule has 1 N–H and O–H groups in total. The third kappa shape index (κ3) is 3.04. The molecule has 0 aliphatic carbocycles. The molecule has 2 rings (SSSR count). The number of nitrogens with one attached hydrogen (secondary N) is 1. The second-order valence-electron chi connectivity index (χ2n) is 4.70. The van der Waals surface area contributed by atoms with E-state index in [4.69, 9.17) is 0 Å². The number of carbonyl (C=O) groups excluding carboxylic acids is 1. The maximum atomic E-state index is 12.3. The van der Waals surface area contributed by atoms with Gasteiger partial charge in [-0.25, -0.2) is 0 Å². The van der Waals surface area contributed by atoms with E-state index >= 15 is 0 Å². The van der Waals surface area contributed by atoms with Crippen molar-refractivity contribution in [1.29, 1.82) is 0 Å². The van der Waals surface area contributed by atoms with Crippen LogP contribution in [0.4, 0.5) is 0 Å².